The van der Waals surface area contributed by atoms with Crippen LogP contribution in [0.2, 0.25) is 0 Å². The molecule has 0 fully saturated rings. The van der Waals surface area contributed by atoms with Crippen LogP contribution < -0.4 is 4.74 Å². The molecule has 0 aliphatic carbocycles. The highest BCUT2D eigenvalue weighted by atomic mass is 16.5. The molecule has 0 bridgehead atoms. The molecule has 0 N–H and O–H groups in total. The average Bonchev–Trinajstić information content (AvgIpc) is 2.47. The molecule has 0 heterocycles. The number of hydrogen-bond acceptors (Lipinski definition) is 2. The lowest BCUT2D eigenvalue weighted by molar-refractivity contribution is 0.112. The standard InChI is InChI=1S/C17H14O2/c1-2-19-17-10-13-8-7-12(11-18)9-16(13)14-5-3-4-6-15(14)17/h3-11H,2H2,1H3. The largest absolute Gasteiger partial charge is 0.493 e. The Morgan fingerprint density at radius 1 is 1.00 bits per heavy atom. The van der Waals surface area contributed by atoms with E-state index in [1.165, 1.54) is 0 Å². The van der Waals surface area contributed by atoms with Gasteiger partial charge in [-0.2, -0.15) is 0 Å². The monoisotopic (exact) mass is 250 g/mol. The summed E-state index contributed by atoms with van der Waals surface area (Å²) in [5, 5.41) is 4.38. The first-order valence-electron chi connectivity index (χ1n) is 6.37. The fourth-order valence-corrected chi connectivity index (χ4v) is 2.43. The molecular formula is C17H14O2. The number of benzene rings is 3. The quantitative estimate of drug-likeness (QED) is 0.514. The first-order valence-corrected chi connectivity index (χ1v) is 6.37. The number of carbonyl (C=O) groups excluding carboxylic acids is 1. The number of aldehydes is 1. The highest BCUT2D eigenvalue weighted by Crippen LogP contribution is 2.33. The van der Waals surface area contributed by atoms with Gasteiger partial charge >= 0.3 is 0 Å². The van der Waals surface area contributed by atoms with Crippen molar-refractivity contribution in [2.24, 2.45) is 0 Å². The molecule has 0 spiro atoms. The van der Waals surface area contributed by atoms with E-state index in [9.17, 15) is 4.79 Å². The van der Waals surface area contributed by atoms with Crippen LogP contribution in [-0.2, 0) is 0 Å². The van der Waals surface area contributed by atoms with Crippen LogP contribution in [0.3, 0.4) is 0 Å². The molecule has 0 saturated heterocycles. The minimum absolute atomic E-state index is 0.641. The van der Waals surface area contributed by atoms with Gasteiger partial charge in [-0.3, -0.25) is 4.79 Å². The summed E-state index contributed by atoms with van der Waals surface area (Å²) in [5.41, 5.74) is 0.696. The van der Waals surface area contributed by atoms with Gasteiger partial charge in [-0.15, -0.1) is 0 Å². The van der Waals surface area contributed by atoms with E-state index >= 15 is 0 Å². The van der Waals surface area contributed by atoms with Gasteiger partial charge < -0.3 is 4.74 Å². The first-order chi connectivity index (χ1) is 9.33. The van der Waals surface area contributed by atoms with Gasteiger partial charge in [0.25, 0.3) is 0 Å². The minimum Gasteiger partial charge on any atom is -0.493 e. The van der Waals surface area contributed by atoms with Crippen LogP contribution in [0.1, 0.15) is 17.3 Å². The Labute approximate surface area is 111 Å². The van der Waals surface area contributed by atoms with Crippen LogP contribution in [-0.4, -0.2) is 12.9 Å². The highest BCUT2D eigenvalue weighted by Gasteiger charge is 2.07. The molecular weight excluding hydrogens is 236 g/mol. The molecule has 19 heavy (non-hydrogen) atoms. The molecule has 3 aromatic carbocycles. The van der Waals surface area contributed by atoms with Crippen LogP contribution in [0.15, 0.2) is 48.5 Å². The second-order valence-electron chi connectivity index (χ2n) is 4.45. The molecule has 94 valence electrons. The molecule has 0 atom stereocenters. The molecule has 0 aromatic heterocycles. The molecule has 2 heteroatoms. The second kappa shape index (κ2) is 4.73. The summed E-state index contributed by atoms with van der Waals surface area (Å²) in [5.74, 6) is 0.893. The molecule has 2 nitrogen and oxygen atoms in total. The maximum absolute atomic E-state index is 10.9. The van der Waals surface area contributed by atoms with Gasteiger partial charge in [0.2, 0.25) is 0 Å². The predicted molar refractivity (Wildman–Crippen MR) is 78.0 cm³/mol. The third-order valence-corrected chi connectivity index (χ3v) is 3.28. The Hall–Kier alpha value is -2.35. The maximum Gasteiger partial charge on any atom is 0.150 e. The second-order valence-corrected chi connectivity index (χ2v) is 4.45. The van der Waals surface area contributed by atoms with Crippen LogP contribution in [0.5, 0.6) is 5.75 Å². The molecule has 0 amide bonds. The van der Waals surface area contributed by atoms with E-state index in [4.69, 9.17) is 4.74 Å². The maximum atomic E-state index is 10.9. The molecule has 0 aliphatic rings. The van der Waals surface area contributed by atoms with Gasteiger partial charge in [0, 0.05) is 10.9 Å². The molecule has 0 unspecified atom stereocenters. The first kappa shape index (κ1) is 11.7. The zero-order chi connectivity index (χ0) is 13.2. The molecule has 0 aliphatic heterocycles. The third-order valence-electron chi connectivity index (χ3n) is 3.28. The van der Waals surface area contributed by atoms with Crippen LogP contribution in [0, 0.1) is 0 Å². The predicted octanol–water partition coefficient (Wildman–Crippen LogP) is 4.20. The van der Waals surface area contributed by atoms with E-state index in [2.05, 4.69) is 6.07 Å². The number of rotatable bonds is 3. The van der Waals surface area contributed by atoms with Crippen molar-refractivity contribution in [3.8, 4) is 5.75 Å². The summed E-state index contributed by atoms with van der Waals surface area (Å²) in [4.78, 5) is 10.9. The number of hydrogen-bond donors (Lipinski definition) is 0. The van der Waals surface area contributed by atoms with E-state index in [1.807, 2.05) is 49.4 Å². The smallest absolute Gasteiger partial charge is 0.150 e. The van der Waals surface area contributed by atoms with Crippen LogP contribution >= 0.6 is 0 Å². The van der Waals surface area contributed by atoms with Crippen molar-refractivity contribution in [3.05, 3.63) is 54.1 Å². The van der Waals surface area contributed by atoms with Crippen molar-refractivity contribution < 1.29 is 9.53 Å². The van der Waals surface area contributed by atoms with Gasteiger partial charge in [-0.1, -0.05) is 36.4 Å². The number of ether oxygens (including phenoxy) is 1. The van der Waals surface area contributed by atoms with Gasteiger partial charge in [0.1, 0.15) is 12.0 Å². The van der Waals surface area contributed by atoms with Gasteiger partial charge in [-0.25, -0.2) is 0 Å². The van der Waals surface area contributed by atoms with Gasteiger partial charge in [-0.05, 0) is 35.2 Å². The zero-order valence-electron chi connectivity index (χ0n) is 10.7. The Kier molecular flexibility index (Phi) is 2.92. The summed E-state index contributed by atoms with van der Waals surface area (Å²) >= 11 is 0. The summed E-state index contributed by atoms with van der Waals surface area (Å²) in [7, 11) is 0. The van der Waals surface area contributed by atoms with Crippen molar-refractivity contribution >= 4 is 27.8 Å². The Morgan fingerprint density at radius 2 is 1.79 bits per heavy atom. The third kappa shape index (κ3) is 1.95. The number of carbonyl (C=O) groups is 1. The normalized spacial score (nSPS) is 10.8. The SMILES string of the molecule is CCOc1cc2ccc(C=O)cc2c2ccccc12. The summed E-state index contributed by atoms with van der Waals surface area (Å²) in [6.45, 7) is 2.62. The van der Waals surface area contributed by atoms with Crippen LogP contribution in [0.25, 0.3) is 21.5 Å². The molecule has 3 aromatic rings. The lowest BCUT2D eigenvalue weighted by atomic mass is 9.99. The van der Waals surface area contributed by atoms with Gasteiger partial charge in [0.05, 0.1) is 6.61 Å². The van der Waals surface area contributed by atoms with Crippen molar-refractivity contribution in [3.63, 3.8) is 0 Å². The Balaban J connectivity index is 2.43. The van der Waals surface area contributed by atoms with Crippen LogP contribution in [0.4, 0.5) is 0 Å². The number of fused-ring (bicyclic) bond motifs is 3. The van der Waals surface area contributed by atoms with E-state index in [0.717, 1.165) is 33.6 Å². The zero-order valence-corrected chi connectivity index (χ0v) is 10.7. The average molecular weight is 250 g/mol. The molecule has 0 saturated carbocycles. The fraction of sp³-hybridized carbons (Fsp3) is 0.118. The van der Waals surface area contributed by atoms with Crippen molar-refractivity contribution in [2.45, 2.75) is 6.92 Å². The topological polar surface area (TPSA) is 26.3 Å². The van der Waals surface area contributed by atoms with Crippen molar-refractivity contribution in [2.75, 3.05) is 6.61 Å². The molecule has 0 radical (unpaired) electrons. The Morgan fingerprint density at radius 3 is 2.53 bits per heavy atom. The summed E-state index contributed by atoms with van der Waals surface area (Å²) < 4.78 is 5.71. The van der Waals surface area contributed by atoms with Crippen molar-refractivity contribution in [1.29, 1.82) is 0 Å². The minimum atomic E-state index is 0.641. The van der Waals surface area contributed by atoms with E-state index in [-0.39, 0.29) is 0 Å². The summed E-state index contributed by atoms with van der Waals surface area (Å²) in [6.07, 6.45) is 0.880. The Bertz CT molecular complexity index is 760. The van der Waals surface area contributed by atoms with Crippen molar-refractivity contribution in [1.82, 2.24) is 0 Å². The fourth-order valence-electron chi connectivity index (χ4n) is 2.43. The van der Waals surface area contributed by atoms with E-state index < -0.39 is 0 Å². The summed E-state index contributed by atoms with van der Waals surface area (Å²) in [6, 6.07) is 15.9. The van der Waals surface area contributed by atoms with E-state index in [1.54, 1.807) is 0 Å². The lowest BCUT2D eigenvalue weighted by Crippen LogP contribution is -1.93. The lowest BCUT2D eigenvalue weighted by Gasteiger charge is -2.11. The van der Waals surface area contributed by atoms with E-state index in [0.29, 0.717) is 12.2 Å². The highest BCUT2D eigenvalue weighted by molar-refractivity contribution is 6.11. The van der Waals surface area contributed by atoms with Gasteiger partial charge in [0.15, 0.2) is 0 Å². The molecule has 3 rings (SSSR count).